The van der Waals surface area contributed by atoms with Crippen molar-refractivity contribution >= 4 is 11.6 Å². The highest BCUT2D eigenvalue weighted by molar-refractivity contribution is 5.88. The lowest BCUT2D eigenvalue weighted by molar-refractivity contribution is -0.114. The summed E-state index contributed by atoms with van der Waals surface area (Å²) >= 11 is 0. The summed E-state index contributed by atoms with van der Waals surface area (Å²) in [6.07, 6.45) is 0.876. The van der Waals surface area contributed by atoms with E-state index in [1.54, 1.807) is 24.3 Å². The van der Waals surface area contributed by atoms with Gasteiger partial charge in [-0.2, -0.15) is 0 Å². The third-order valence-corrected chi connectivity index (χ3v) is 4.14. The zero-order valence-corrected chi connectivity index (χ0v) is 15.7. The maximum atomic E-state index is 13.1. The summed E-state index contributed by atoms with van der Waals surface area (Å²) < 4.78 is 19.0. The van der Waals surface area contributed by atoms with Gasteiger partial charge in [-0.1, -0.05) is 24.3 Å². The molecule has 0 unspecified atom stereocenters. The number of amides is 1. The van der Waals surface area contributed by atoms with Crippen molar-refractivity contribution in [2.24, 2.45) is 0 Å². The van der Waals surface area contributed by atoms with Crippen LogP contribution in [0.3, 0.4) is 0 Å². The Labute approximate surface area is 164 Å². The second kappa shape index (κ2) is 9.67. The lowest BCUT2D eigenvalue weighted by Crippen LogP contribution is -2.16. The minimum absolute atomic E-state index is 0.102. The molecule has 0 aromatic heterocycles. The highest BCUT2D eigenvalue weighted by atomic mass is 19.1. The molecule has 3 aromatic rings. The van der Waals surface area contributed by atoms with E-state index in [2.05, 4.69) is 10.6 Å². The van der Waals surface area contributed by atoms with Crippen LogP contribution >= 0.6 is 0 Å². The summed E-state index contributed by atoms with van der Waals surface area (Å²) in [6.45, 7) is 2.93. The minimum atomic E-state index is -0.209. The van der Waals surface area contributed by atoms with Crippen molar-refractivity contribution in [3.05, 3.63) is 89.7 Å². The van der Waals surface area contributed by atoms with E-state index in [1.165, 1.54) is 18.6 Å². The molecule has 5 heteroatoms. The van der Waals surface area contributed by atoms with Gasteiger partial charge >= 0.3 is 0 Å². The lowest BCUT2D eigenvalue weighted by Gasteiger charge is -2.09. The molecule has 0 fully saturated rings. The standard InChI is InChI=1S/C23H23FN2O2/c1-17(27)26-21-7-11-23(12-8-21)28-22-9-5-18(6-10-22)13-14-25-16-19-3-2-4-20(24)15-19/h2-12,15,25H,13-14,16H2,1H3,(H,26,27). The molecule has 0 bridgehead atoms. The first-order valence-corrected chi connectivity index (χ1v) is 9.18. The van der Waals surface area contributed by atoms with Crippen molar-refractivity contribution < 1.29 is 13.9 Å². The van der Waals surface area contributed by atoms with Crippen molar-refractivity contribution in [3.8, 4) is 11.5 Å². The van der Waals surface area contributed by atoms with E-state index in [1.807, 2.05) is 42.5 Å². The van der Waals surface area contributed by atoms with Crippen LogP contribution in [0.25, 0.3) is 0 Å². The maximum absolute atomic E-state index is 13.1. The van der Waals surface area contributed by atoms with E-state index < -0.39 is 0 Å². The van der Waals surface area contributed by atoms with Crippen LogP contribution in [0.1, 0.15) is 18.1 Å². The fraction of sp³-hybridized carbons (Fsp3) is 0.174. The lowest BCUT2D eigenvalue weighted by atomic mass is 10.1. The number of hydrogen-bond donors (Lipinski definition) is 2. The van der Waals surface area contributed by atoms with E-state index in [4.69, 9.17) is 4.74 Å². The largest absolute Gasteiger partial charge is 0.457 e. The van der Waals surface area contributed by atoms with Gasteiger partial charge in [-0.15, -0.1) is 0 Å². The predicted molar refractivity (Wildman–Crippen MR) is 109 cm³/mol. The second-order valence-electron chi connectivity index (χ2n) is 6.51. The number of rotatable bonds is 8. The van der Waals surface area contributed by atoms with E-state index in [0.29, 0.717) is 12.3 Å². The van der Waals surface area contributed by atoms with Crippen LogP contribution in [0.5, 0.6) is 11.5 Å². The Morgan fingerprint density at radius 3 is 2.25 bits per heavy atom. The third kappa shape index (κ3) is 6.21. The topological polar surface area (TPSA) is 50.4 Å². The summed E-state index contributed by atoms with van der Waals surface area (Å²) in [7, 11) is 0. The fourth-order valence-corrected chi connectivity index (χ4v) is 2.78. The van der Waals surface area contributed by atoms with E-state index >= 15 is 0 Å². The Balaban J connectivity index is 1.45. The Hall–Kier alpha value is -3.18. The number of carbonyl (C=O) groups excluding carboxylic acids is 1. The number of anilines is 1. The Morgan fingerprint density at radius 1 is 0.929 bits per heavy atom. The number of carbonyl (C=O) groups is 1. The first-order chi connectivity index (χ1) is 13.6. The number of nitrogens with one attached hydrogen (secondary N) is 2. The number of halogens is 1. The summed E-state index contributed by atoms with van der Waals surface area (Å²) in [6, 6.07) is 21.8. The normalized spacial score (nSPS) is 10.5. The molecule has 0 saturated heterocycles. The van der Waals surface area contributed by atoms with E-state index in [0.717, 1.165) is 30.0 Å². The van der Waals surface area contributed by atoms with Gasteiger partial charge in [0.15, 0.2) is 0 Å². The number of benzene rings is 3. The van der Waals surface area contributed by atoms with Crippen molar-refractivity contribution in [2.75, 3.05) is 11.9 Å². The molecular weight excluding hydrogens is 355 g/mol. The smallest absolute Gasteiger partial charge is 0.221 e. The molecule has 3 rings (SSSR count). The van der Waals surface area contributed by atoms with Crippen LogP contribution in [0.2, 0.25) is 0 Å². The molecule has 0 heterocycles. The molecule has 0 radical (unpaired) electrons. The van der Waals surface area contributed by atoms with Gasteiger partial charge in [0, 0.05) is 19.2 Å². The SMILES string of the molecule is CC(=O)Nc1ccc(Oc2ccc(CCNCc3cccc(F)c3)cc2)cc1. The molecular formula is C23H23FN2O2. The van der Waals surface area contributed by atoms with Crippen molar-refractivity contribution in [3.63, 3.8) is 0 Å². The van der Waals surface area contributed by atoms with Gasteiger partial charge < -0.3 is 15.4 Å². The molecule has 0 spiro atoms. The van der Waals surface area contributed by atoms with Crippen LogP contribution < -0.4 is 15.4 Å². The molecule has 0 aliphatic heterocycles. The molecule has 1 amide bonds. The minimum Gasteiger partial charge on any atom is -0.457 e. The van der Waals surface area contributed by atoms with Gasteiger partial charge in [-0.25, -0.2) is 4.39 Å². The molecule has 144 valence electrons. The van der Waals surface area contributed by atoms with Gasteiger partial charge in [0.2, 0.25) is 5.91 Å². The van der Waals surface area contributed by atoms with Crippen LogP contribution in [-0.4, -0.2) is 12.5 Å². The Kier molecular flexibility index (Phi) is 6.76. The molecule has 28 heavy (non-hydrogen) atoms. The van der Waals surface area contributed by atoms with Gasteiger partial charge in [0.05, 0.1) is 0 Å². The number of hydrogen-bond acceptors (Lipinski definition) is 3. The van der Waals surface area contributed by atoms with Crippen LogP contribution in [0.15, 0.2) is 72.8 Å². The first kappa shape index (κ1) is 19.6. The van der Waals surface area contributed by atoms with Crippen LogP contribution in [0, 0.1) is 5.82 Å². The molecule has 4 nitrogen and oxygen atoms in total. The van der Waals surface area contributed by atoms with Gasteiger partial charge in [-0.3, -0.25) is 4.79 Å². The molecule has 2 N–H and O–H groups in total. The summed E-state index contributed by atoms with van der Waals surface area (Å²) in [5.41, 5.74) is 2.87. The quantitative estimate of drug-likeness (QED) is 0.548. The second-order valence-corrected chi connectivity index (χ2v) is 6.51. The molecule has 0 aliphatic rings. The fourth-order valence-electron chi connectivity index (χ4n) is 2.78. The monoisotopic (exact) mass is 378 g/mol. The summed E-state index contributed by atoms with van der Waals surface area (Å²) in [5.74, 6) is 1.15. The zero-order chi connectivity index (χ0) is 19.8. The van der Waals surface area contributed by atoms with Crippen molar-refractivity contribution in [1.82, 2.24) is 5.32 Å². The molecule has 0 atom stereocenters. The predicted octanol–water partition coefficient (Wildman–Crippen LogP) is 4.91. The van der Waals surface area contributed by atoms with Gasteiger partial charge in [-0.05, 0) is 72.6 Å². The highest BCUT2D eigenvalue weighted by Gasteiger charge is 2.01. The maximum Gasteiger partial charge on any atom is 0.221 e. The van der Waals surface area contributed by atoms with E-state index in [9.17, 15) is 9.18 Å². The van der Waals surface area contributed by atoms with E-state index in [-0.39, 0.29) is 11.7 Å². The third-order valence-electron chi connectivity index (χ3n) is 4.14. The average molecular weight is 378 g/mol. The molecule has 3 aromatic carbocycles. The zero-order valence-electron chi connectivity index (χ0n) is 15.7. The van der Waals surface area contributed by atoms with Crippen LogP contribution in [0.4, 0.5) is 10.1 Å². The Bertz CT molecular complexity index is 909. The summed E-state index contributed by atoms with van der Waals surface area (Å²) in [4.78, 5) is 11.0. The molecule has 0 saturated carbocycles. The highest BCUT2D eigenvalue weighted by Crippen LogP contribution is 2.23. The summed E-state index contributed by atoms with van der Waals surface area (Å²) in [5, 5.41) is 6.04. The van der Waals surface area contributed by atoms with Crippen LogP contribution in [-0.2, 0) is 17.8 Å². The number of ether oxygens (including phenoxy) is 1. The Morgan fingerprint density at radius 2 is 1.61 bits per heavy atom. The van der Waals surface area contributed by atoms with Gasteiger partial charge in [0.1, 0.15) is 17.3 Å². The average Bonchev–Trinajstić information content (AvgIpc) is 2.68. The van der Waals surface area contributed by atoms with Crippen molar-refractivity contribution in [2.45, 2.75) is 19.9 Å². The first-order valence-electron chi connectivity index (χ1n) is 9.18. The van der Waals surface area contributed by atoms with Crippen molar-refractivity contribution in [1.29, 1.82) is 0 Å². The van der Waals surface area contributed by atoms with Gasteiger partial charge in [0.25, 0.3) is 0 Å². The molecule has 0 aliphatic carbocycles.